The first kappa shape index (κ1) is 23.8. The van der Waals surface area contributed by atoms with Crippen LogP contribution < -0.4 is 5.32 Å². The lowest BCUT2D eigenvalue weighted by molar-refractivity contribution is -0.140. The van der Waals surface area contributed by atoms with Crippen LogP contribution in [0.15, 0.2) is 36.4 Å². The predicted octanol–water partition coefficient (Wildman–Crippen LogP) is 5.79. The van der Waals surface area contributed by atoms with Crippen LogP contribution in [0.5, 0.6) is 0 Å². The van der Waals surface area contributed by atoms with Gasteiger partial charge in [0.1, 0.15) is 6.04 Å². The van der Waals surface area contributed by atoms with Gasteiger partial charge < -0.3 is 10.2 Å². The van der Waals surface area contributed by atoms with Crippen molar-refractivity contribution in [3.05, 3.63) is 67.6 Å². The summed E-state index contributed by atoms with van der Waals surface area (Å²) >= 11 is 24.8. The topological polar surface area (TPSA) is 49.4 Å². The number of rotatable bonds is 8. The van der Waals surface area contributed by atoms with Crippen molar-refractivity contribution < 1.29 is 9.59 Å². The summed E-state index contributed by atoms with van der Waals surface area (Å²) in [6.07, 6.45) is 0.460. The molecule has 0 heterocycles. The van der Waals surface area contributed by atoms with Gasteiger partial charge in [-0.25, -0.2) is 0 Å². The van der Waals surface area contributed by atoms with E-state index in [1.54, 1.807) is 36.4 Å². The Hall–Kier alpha value is -1.46. The number of likely N-dealkylation sites (N-methyl/N-ethyl adjacent to an activating group) is 1. The Labute approximate surface area is 191 Å². The van der Waals surface area contributed by atoms with E-state index in [1.165, 1.54) is 4.90 Å². The first-order chi connectivity index (χ1) is 13.8. The number of nitrogens with zero attached hydrogens (tertiary/aromatic N) is 1. The van der Waals surface area contributed by atoms with Crippen molar-refractivity contribution in [3.63, 3.8) is 0 Å². The number of hydrogen-bond acceptors (Lipinski definition) is 2. The Morgan fingerprint density at radius 3 is 2.21 bits per heavy atom. The third-order valence-corrected chi connectivity index (χ3v) is 5.78. The quantitative estimate of drug-likeness (QED) is 0.525. The van der Waals surface area contributed by atoms with Crippen LogP contribution in [0, 0.1) is 0 Å². The third-order valence-electron chi connectivity index (χ3n) is 4.48. The largest absolute Gasteiger partial charge is 0.355 e. The highest BCUT2D eigenvalue weighted by atomic mass is 35.5. The second-order valence-electron chi connectivity index (χ2n) is 6.45. The molecule has 0 aliphatic rings. The van der Waals surface area contributed by atoms with Crippen molar-refractivity contribution in [3.8, 4) is 0 Å². The molecular weight excluding hydrogens is 454 g/mol. The third kappa shape index (κ3) is 6.26. The molecule has 0 aromatic heterocycles. The highest BCUT2D eigenvalue weighted by molar-refractivity contribution is 6.36. The Kier molecular flexibility index (Phi) is 9.09. The molecule has 156 valence electrons. The number of nitrogens with one attached hydrogen (secondary N) is 1. The van der Waals surface area contributed by atoms with Gasteiger partial charge >= 0.3 is 0 Å². The lowest BCUT2D eigenvalue weighted by Crippen LogP contribution is -2.49. The van der Waals surface area contributed by atoms with E-state index in [2.05, 4.69) is 5.32 Å². The summed E-state index contributed by atoms with van der Waals surface area (Å²) in [7, 11) is 0. The van der Waals surface area contributed by atoms with E-state index >= 15 is 0 Å². The molecule has 2 aromatic carbocycles. The van der Waals surface area contributed by atoms with Crippen molar-refractivity contribution in [2.45, 2.75) is 39.3 Å². The van der Waals surface area contributed by atoms with Gasteiger partial charge in [0.2, 0.25) is 11.8 Å². The van der Waals surface area contributed by atoms with Gasteiger partial charge in [-0.15, -0.1) is 0 Å². The minimum Gasteiger partial charge on any atom is -0.355 e. The predicted molar refractivity (Wildman–Crippen MR) is 120 cm³/mol. The Bertz CT molecular complexity index is 869. The van der Waals surface area contributed by atoms with Gasteiger partial charge in [-0.3, -0.25) is 9.59 Å². The standard InChI is InChI=1S/C21H22Cl4N2O2/c1-3-19(21(29)26-4-2)27(12-15-16(23)6-5-7-17(15)24)20(28)10-13-8-9-14(22)11-18(13)25/h5-9,11,19H,3-4,10,12H2,1-2H3,(H,26,29)/t19-/m1/s1. The van der Waals surface area contributed by atoms with Crippen molar-refractivity contribution in [1.82, 2.24) is 10.2 Å². The molecule has 0 bridgehead atoms. The lowest BCUT2D eigenvalue weighted by atomic mass is 10.1. The van der Waals surface area contributed by atoms with Gasteiger partial charge in [0.25, 0.3) is 0 Å². The summed E-state index contributed by atoms with van der Waals surface area (Å²) in [6, 6.07) is 9.43. The molecule has 8 heteroatoms. The number of carbonyl (C=O) groups excluding carboxylic acids is 2. The number of halogens is 4. The van der Waals surface area contributed by atoms with Crippen molar-refractivity contribution in [2.24, 2.45) is 0 Å². The Morgan fingerprint density at radius 1 is 1.00 bits per heavy atom. The van der Waals surface area contributed by atoms with Gasteiger partial charge in [0.05, 0.1) is 6.42 Å². The monoisotopic (exact) mass is 474 g/mol. The highest BCUT2D eigenvalue weighted by Gasteiger charge is 2.29. The van der Waals surface area contributed by atoms with Crippen molar-refractivity contribution in [2.75, 3.05) is 6.54 Å². The number of carbonyl (C=O) groups is 2. The van der Waals surface area contributed by atoms with Crippen LogP contribution in [0.1, 0.15) is 31.4 Å². The summed E-state index contributed by atoms with van der Waals surface area (Å²) in [5, 5.41) is 4.54. The average Bonchev–Trinajstić information content (AvgIpc) is 2.66. The molecular formula is C21H22Cl4N2O2. The molecule has 4 nitrogen and oxygen atoms in total. The molecule has 0 saturated heterocycles. The normalized spacial score (nSPS) is 11.8. The van der Waals surface area contributed by atoms with Crippen LogP contribution >= 0.6 is 46.4 Å². The van der Waals surface area contributed by atoms with Crippen LogP contribution in [0.4, 0.5) is 0 Å². The first-order valence-electron chi connectivity index (χ1n) is 9.22. The van der Waals surface area contributed by atoms with Crippen LogP contribution in [-0.2, 0) is 22.6 Å². The van der Waals surface area contributed by atoms with E-state index in [0.29, 0.717) is 44.2 Å². The van der Waals surface area contributed by atoms with E-state index < -0.39 is 6.04 Å². The van der Waals surface area contributed by atoms with Crippen LogP contribution in [-0.4, -0.2) is 29.3 Å². The number of benzene rings is 2. The molecule has 0 spiro atoms. The van der Waals surface area contributed by atoms with Gasteiger partial charge in [-0.1, -0.05) is 65.5 Å². The van der Waals surface area contributed by atoms with E-state index in [1.807, 2.05) is 13.8 Å². The molecule has 0 aliphatic heterocycles. The summed E-state index contributed by atoms with van der Waals surface area (Å²) in [5.41, 5.74) is 1.22. The van der Waals surface area contributed by atoms with Gasteiger partial charge in [0, 0.05) is 38.7 Å². The van der Waals surface area contributed by atoms with Gasteiger partial charge in [-0.2, -0.15) is 0 Å². The molecule has 1 atom stereocenters. The molecule has 2 aromatic rings. The lowest BCUT2D eigenvalue weighted by Gasteiger charge is -2.31. The zero-order valence-corrected chi connectivity index (χ0v) is 19.2. The summed E-state index contributed by atoms with van der Waals surface area (Å²) in [6.45, 7) is 4.25. The SMILES string of the molecule is CCNC(=O)[C@@H](CC)N(Cc1c(Cl)cccc1Cl)C(=O)Cc1ccc(Cl)cc1Cl. The van der Waals surface area contributed by atoms with Crippen LogP contribution in [0.3, 0.4) is 0 Å². The number of hydrogen-bond donors (Lipinski definition) is 1. The van der Waals surface area contributed by atoms with Crippen LogP contribution in [0.2, 0.25) is 20.1 Å². The summed E-state index contributed by atoms with van der Waals surface area (Å²) in [4.78, 5) is 27.4. The van der Waals surface area contributed by atoms with Gasteiger partial charge in [0.15, 0.2) is 0 Å². The Balaban J connectivity index is 2.39. The molecule has 0 fully saturated rings. The van der Waals surface area contributed by atoms with E-state index in [9.17, 15) is 9.59 Å². The van der Waals surface area contributed by atoms with E-state index in [-0.39, 0.29) is 24.8 Å². The highest BCUT2D eigenvalue weighted by Crippen LogP contribution is 2.28. The fourth-order valence-corrected chi connectivity index (χ4v) is 3.99. The second kappa shape index (κ2) is 11.1. The molecule has 0 saturated carbocycles. The fourth-order valence-electron chi connectivity index (χ4n) is 2.99. The molecule has 0 unspecified atom stereocenters. The minimum absolute atomic E-state index is 0.0218. The smallest absolute Gasteiger partial charge is 0.242 e. The number of amides is 2. The maximum atomic E-state index is 13.3. The maximum absolute atomic E-state index is 13.3. The Morgan fingerprint density at radius 2 is 1.66 bits per heavy atom. The summed E-state index contributed by atoms with van der Waals surface area (Å²) in [5.74, 6) is -0.489. The van der Waals surface area contributed by atoms with Gasteiger partial charge in [-0.05, 0) is 43.2 Å². The average molecular weight is 476 g/mol. The first-order valence-corrected chi connectivity index (χ1v) is 10.7. The molecule has 0 aliphatic carbocycles. The van der Waals surface area contributed by atoms with Crippen molar-refractivity contribution in [1.29, 1.82) is 0 Å². The molecule has 2 amide bonds. The minimum atomic E-state index is -0.666. The van der Waals surface area contributed by atoms with E-state index in [0.717, 1.165) is 0 Å². The molecule has 1 N–H and O–H groups in total. The molecule has 0 radical (unpaired) electrons. The zero-order chi connectivity index (χ0) is 21.6. The van der Waals surface area contributed by atoms with Crippen molar-refractivity contribution >= 4 is 58.2 Å². The van der Waals surface area contributed by atoms with Crippen LogP contribution in [0.25, 0.3) is 0 Å². The maximum Gasteiger partial charge on any atom is 0.242 e. The summed E-state index contributed by atoms with van der Waals surface area (Å²) < 4.78 is 0. The molecule has 2 rings (SSSR count). The molecule has 29 heavy (non-hydrogen) atoms. The zero-order valence-electron chi connectivity index (χ0n) is 16.1. The fraction of sp³-hybridized carbons (Fsp3) is 0.333. The van der Waals surface area contributed by atoms with E-state index in [4.69, 9.17) is 46.4 Å². The second-order valence-corrected chi connectivity index (χ2v) is 8.11.